The van der Waals surface area contributed by atoms with Crippen LogP contribution in [0.3, 0.4) is 0 Å². The van der Waals surface area contributed by atoms with Crippen molar-refractivity contribution in [3.05, 3.63) is 110 Å². The van der Waals surface area contributed by atoms with Crippen LogP contribution in [0.5, 0.6) is 0 Å². The molecule has 0 saturated heterocycles. The SMILES string of the molecule is C/C=C\C/C=C\C.C/C=C\CC.C=CC.C=CC.C=CC.CC.CCOC(=O)CCc1ccccc1. The predicted molar refractivity (Wildman–Crippen MR) is 170 cm³/mol. The maximum absolute atomic E-state index is 11.0. The molecule has 0 aliphatic rings. The molecule has 0 aliphatic heterocycles. The van der Waals surface area contributed by atoms with Gasteiger partial charge in [0.2, 0.25) is 0 Å². The molecule has 0 bridgehead atoms. The van der Waals surface area contributed by atoms with Crippen molar-refractivity contribution in [1.82, 2.24) is 0 Å². The van der Waals surface area contributed by atoms with Crippen LogP contribution >= 0.6 is 0 Å². The van der Waals surface area contributed by atoms with Gasteiger partial charge in [0.15, 0.2) is 0 Å². The number of benzene rings is 1. The first kappa shape index (κ1) is 46.5. The summed E-state index contributed by atoms with van der Waals surface area (Å²) in [5, 5.41) is 0. The Kier molecular flexibility index (Phi) is 75.1. The first-order valence-electron chi connectivity index (χ1n) is 13.1. The van der Waals surface area contributed by atoms with Crippen molar-refractivity contribution < 1.29 is 9.53 Å². The lowest BCUT2D eigenvalue weighted by Gasteiger charge is -2.01. The van der Waals surface area contributed by atoms with Crippen LogP contribution in [-0.2, 0) is 16.0 Å². The predicted octanol–water partition coefficient (Wildman–Crippen LogP) is 11.3. The van der Waals surface area contributed by atoms with Crippen LogP contribution in [0.25, 0.3) is 0 Å². The first-order valence-corrected chi connectivity index (χ1v) is 13.1. The minimum absolute atomic E-state index is 0.119. The molecule has 0 radical (unpaired) electrons. The molecule has 0 unspecified atom stereocenters. The fraction of sp³-hybridized carbons (Fsp3) is 0.441. The number of allylic oxidation sites excluding steroid dienone is 9. The number of carbonyl (C=O) groups is 1. The molecule has 0 heterocycles. The van der Waals surface area contributed by atoms with E-state index in [-0.39, 0.29) is 5.97 Å². The van der Waals surface area contributed by atoms with Gasteiger partial charge in [-0.3, -0.25) is 4.79 Å². The highest BCUT2D eigenvalue weighted by Crippen LogP contribution is 2.02. The third kappa shape index (κ3) is 77.2. The van der Waals surface area contributed by atoms with E-state index in [4.69, 9.17) is 4.74 Å². The van der Waals surface area contributed by atoms with E-state index in [2.05, 4.69) is 63.1 Å². The lowest BCUT2D eigenvalue weighted by atomic mass is 10.1. The Bertz CT molecular complexity index is 569. The zero-order chi connectivity index (χ0) is 29.3. The molecule has 0 fully saturated rings. The van der Waals surface area contributed by atoms with Crippen molar-refractivity contribution in [2.24, 2.45) is 0 Å². The summed E-state index contributed by atoms with van der Waals surface area (Å²) in [5.74, 6) is -0.119. The molecule has 0 saturated carbocycles. The van der Waals surface area contributed by atoms with Crippen LogP contribution in [0.1, 0.15) is 94.1 Å². The second-order valence-electron chi connectivity index (χ2n) is 6.37. The molecule has 1 aromatic rings. The fourth-order valence-corrected chi connectivity index (χ4v) is 1.71. The maximum atomic E-state index is 11.0. The van der Waals surface area contributed by atoms with Crippen molar-refractivity contribution in [2.75, 3.05) is 6.61 Å². The maximum Gasteiger partial charge on any atom is 0.306 e. The summed E-state index contributed by atoms with van der Waals surface area (Å²) in [6.45, 7) is 30.3. The smallest absolute Gasteiger partial charge is 0.306 e. The van der Waals surface area contributed by atoms with Gasteiger partial charge < -0.3 is 4.74 Å². The van der Waals surface area contributed by atoms with Gasteiger partial charge in [-0.1, -0.05) is 106 Å². The molecule has 0 amide bonds. The monoisotopic (exact) mass is 500 g/mol. The van der Waals surface area contributed by atoms with E-state index in [1.807, 2.05) is 92.6 Å². The van der Waals surface area contributed by atoms with E-state index in [0.717, 1.165) is 19.3 Å². The number of hydrogen-bond acceptors (Lipinski definition) is 2. The van der Waals surface area contributed by atoms with Gasteiger partial charge >= 0.3 is 5.97 Å². The van der Waals surface area contributed by atoms with Crippen LogP contribution in [0.15, 0.2) is 105 Å². The third-order valence-electron chi connectivity index (χ3n) is 2.98. The summed E-state index contributed by atoms with van der Waals surface area (Å²) in [7, 11) is 0. The number of carbonyl (C=O) groups excluding carboxylic acids is 1. The van der Waals surface area contributed by atoms with E-state index in [1.165, 1.54) is 5.56 Å². The van der Waals surface area contributed by atoms with Crippen molar-refractivity contribution in [3.8, 4) is 0 Å². The molecule has 36 heavy (non-hydrogen) atoms. The molecule has 1 aromatic carbocycles. The topological polar surface area (TPSA) is 26.3 Å². The lowest BCUT2D eigenvalue weighted by Crippen LogP contribution is -2.04. The Morgan fingerprint density at radius 2 is 1.14 bits per heavy atom. The molecular formula is C34H60O2. The van der Waals surface area contributed by atoms with Crippen LogP contribution in [0, 0.1) is 0 Å². The fourth-order valence-electron chi connectivity index (χ4n) is 1.71. The second kappa shape index (κ2) is 58.2. The van der Waals surface area contributed by atoms with E-state index >= 15 is 0 Å². The molecule has 0 N–H and O–H groups in total. The number of aryl methyl sites for hydroxylation is 1. The number of esters is 1. The Hall–Kier alpha value is -2.87. The van der Waals surface area contributed by atoms with Crippen molar-refractivity contribution in [2.45, 2.75) is 94.9 Å². The number of ether oxygens (including phenoxy) is 1. The van der Waals surface area contributed by atoms with Crippen molar-refractivity contribution >= 4 is 5.97 Å². The summed E-state index contributed by atoms with van der Waals surface area (Å²) in [6, 6.07) is 9.94. The Balaban J connectivity index is -0.0000000834. The summed E-state index contributed by atoms with van der Waals surface area (Å²) < 4.78 is 4.82. The minimum atomic E-state index is -0.119. The van der Waals surface area contributed by atoms with Crippen molar-refractivity contribution in [1.29, 1.82) is 0 Å². The van der Waals surface area contributed by atoms with Gasteiger partial charge in [-0.05, 0) is 73.3 Å². The van der Waals surface area contributed by atoms with E-state index in [0.29, 0.717) is 13.0 Å². The quantitative estimate of drug-likeness (QED) is 0.275. The summed E-state index contributed by atoms with van der Waals surface area (Å²) in [4.78, 5) is 11.0. The van der Waals surface area contributed by atoms with Gasteiger partial charge in [-0.25, -0.2) is 0 Å². The Morgan fingerprint density at radius 3 is 1.42 bits per heavy atom. The molecule has 0 spiro atoms. The van der Waals surface area contributed by atoms with E-state index < -0.39 is 0 Å². The van der Waals surface area contributed by atoms with Crippen LogP contribution in [0.4, 0.5) is 0 Å². The summed E-state index contributed by atoms with van der Waals surface area (Å²) in [6.07, 6.45) is 21.3. The highest BCUT2D eigenvalue weighted by Gasteiger charge is 2.01. The molecule has 208 valence electrons. The molecule has 1 rings (SSSR count). The number of rotatable bonds is 7. The van der Waals surface area contributed by atoms with Gasteiger partial charge in [0.1, 0.15) is 0 Å². The highest BCUT2D eigenvalue weighted by molar-refractivity contribution is 5.69. The minimum Gasteiger partial charge on any atom is -0.466 e. The Labute approximate surface area is 227 Å². The average Bonchev–Trinajstić information content (AvgIpc) is 2.88. The highest BCUT2D eigenvalue weighted by atomic mass is 16.5. The van der Waals surface area contributed by atoms with Gasteiger partial charge in [0, 0.05) is 6.42 Å². The molecular weight excluding hydrogens is 440 g/mol. The number of hydrogen-bond donors (Lipinski definition) is 0. The average molecular weight is 501 g/mol. The van der Waals surface area contributed by atoms with Gasteiger partial charge in [0.05, 0.1) is 6.61 Å². The van der Waals surface area contributed by atoms with Gasteiger partial charge in [0.25, 0.3) is 0 Å². The van der Waals surface area contributed by atoms with Crippen LogP contribution < -0.4 is 0 Å². The summed E-state index contributed by atoms with van der Waals surface area (Å²) >= 11 is 0. The zero-order valence-electron chi connectivity index (χ0n) is 25.6. The summed E-state index contributed by atoms with van der Waals surface area (Å²) in [5.41, 5.74) is 1.18. The molecule has 2 heteroatoms. The molecule has 0 aromatic heterocycles. The van der Waals surface area contributed by atoms with E-state index in [9.17, 15) is 4.79 Å². The zero-order valence-corrected chi connectivity index (χ0v) is 25.6. The lowest BCUT2D eigenvalue weighted by molar-refractivity contribution is -0.143. The first-order chi connectivity index (χ1) is 17.4. The molecule has 0 aliphatic carbocycles. The molecule has 2 nitrogen and oxygen atoms in total. The van der Waals surface area contributed by atoms with E-state index in [1.54, 1.807) is 18.2 Å². The normalized spacial score (nSPS) is 8.39. The standard InChI is InChI=1S/C11H14O2.C7H12.C5H10.3C3H6.C2H6/c1-2-13-11(12)9-8-10-6-4-3-5-7-10;1-3-5-7-6-4-2;1-3-5-4-2;3*1-3-2;1-2/h3-7H,2,8-9H2,1H3;3-6H,7H2,1-2H3;3,5H,4H2,1-2H3;3*3H,1H2,2H3;1-2H3/b;5-3-,6-4-;5-3-;;;;. The largest absolute Gasteiger partial charge is 0.466 e. The van der Waals surface area contributed by atoms with Gasteiger partial charge in [-0.2, -0.15) is 0 Å². The van der Waals surface area contributed by atoms with Gasteiger partial charge in [-0.15, -0.1) is 19.7 Å². The van der Waals surface area contributed by atoms with Crippen LogP contribution in [-0.4, -0.2) is 12.6 Å². The van der Waals surface area contributed by atoms with Crippen molar-refractivity contribution in [3.63, 3.8) is 0 Å². The third-order valence-corrected chi connectivity index (χ3v) is 2.98. The second-order valence-corrected chi connectivity index (χ2v) is 6.37. The Morgan fingerprint density at radius 1 is 0.750 bits per heavy atom. The van der Waals surface area contributed by atoms with Crippen LogP contribution in [0.2, 0.25) is 0 Å². The molecule has 0 atom stereocenters.